The van der Waals surface area contributed by atoms with E-state index in [0.717, 1.165) is 30.0 Å². The Morgan fingerprint density at radius 3 is 2.52 bits per heavy atom. The van der Waals surface area contributed by atoms with Gasteiger partial charge in [0.1, 0.15) is 17.8 Å². The minimum absolute atomic E-state index is 0.259. The zero-order valence-electron chi connectivity index (χ0n) is 16.8. The van der Waals surface area contributed by atoms with Gasteiger partial charge >= 0.3 is 0 Å². The molecule has 3 aromatic rings. The average molecular weight is 387 g/mol. The maximum atomic E-state index is 12.6. The molecule has 0 bridgehead atoms. The molecule has 148 valence electrons. The van der Waals surface area contributed by atoms with Gasteiger partial charge in [0.05, 0.1) is 0 Å². The van der Waals surface area contributed by atoms with Gasteiger partial charge in [-0.25, -0.2) is 9.97 Å². The highest BCUT2D eigenvalue weighted by molar-refractivity contribution is 6.03. The van der Waals surface area contributed by atoms with Gasteiger partial charge in [0.25, 0.3) is 5.91 Å². The van der Waals surface area contributed by atoms with Crippen molar-refractivity contribution < 1.29 is 4.79 Å². The minimum atomic E-state index is -0.259. The second kappa shape index (κ2) is 8.31. The lowest BCUT2D eigenvalue weighted by Gasteiger charge is -2.17. The van der Waals surface area contributed by atoms with Crippen LogP contribution >= 0.6 is 0 Å². The lowest BCUT2D eigenvalue weighted by Crippen LogP contribution is -2.18. The van der Waals surface area contributed by atoms with Gasteiger partial charge in [-0.3, -0.25) is 4.79 Å². The fourth-order valence-corrected chi connectivity index (χ4v) is 3.50. The number of carbonyl (C=O) groups is 1. The molecule has 6 nitrogen and oxygen atoms in total. The monoisotopic (exact) mass is 387 g/mol. The van der Waals surface area contributed by atoms with E-state index < -0.39 is 0 Å². The second-order valence-corrected chi connectivity index (χ2v) is 7.36. The maximum absolute atomic E-state index is 12.6. The summed E-state index contributed by atoms with van der Waals surface area (Å²) >= 11 is 0. The van der Waals surface area contributed by atoms with Crippen LogP contribution < -0.4 is 15.5 Å². The van der Waals surface area contributed by atoms with Crippen molar-refractivity contribution in [3.63, 3.8) is 0 Å². The van der Waals surface area contributed by atoms with Gasteiger partial charge in [0.2, 0.25) is 0 Å². The summed E-state index contributed by atoms with van der Waals surface area (Å²) in [5.74, 6) is 0.327. The Bertz CT molecular complexity index is 1010. The maximum Gasteiger partial charge on any atom is 0.274 e. The van der Waals surface area contributed by atoms with Crippen molar-refractivity contribution in [1.82, 2.24) is 9.97 Å². The summed E-state index contributed by atoms with van der Waals surface area (Å²) in [6.45, 7) is 6.32. The van der Waals surface area contributed by atoms with Crippen molar-refractivity contribution >= 4 is 28.8 Å². The fourth-order valence-electron chi connectivity index (χ4n) is 3.50. The Kier molecular flexibility index (Phi) is 5.42. The summed E-state index contributed by atoms with van der Waals surface area (Å²) in [6.07, 6.45) is 3.88. The van der Waals surface area contributed by atoms with Crippen LogP contribution in [0, 0.1) is 13.8 Å². The third kappa shape index (κ3) is 4.37. The number of carbonyl (C=O) groups excluding carboxylic acids is 1. The van der Waals surface area contributed by atoms with Gasteiger partial charge in [-0.2, -0.15) is 0 Å². The predicted molar refractivity (Wildman–Crippen MR) is 117 cm³/mol. The van der Waals surface area contributed by atoms with E-state index in [9.17, 15) is 4.79 Å². The second-order valence-electron chi connectivity index (χ2n) is 7.36. The highest BCUT2D eigenvalue weighted by Crippen LogP contribution is 2.23. The van der Waals surface area contributed by atoms with Gasteiger partial charge in [0, 0.05) is 36.2 Å². The molecule has 6 heteroatoms. The van der Waals surface area contributed by atoms with Crippen molar-refractivity contribution in [2.24, 2.45) is 0 Å². The van der Waals surface area contributed by atoms with Gasteiger partial charge in [-0.15, -0.1) is 0 Å². The molecule has 1 saturated heterocycles. The average Bonchev–Trinajstić information content (AvgIpc) is 3.27. The molecule has 2 N–H and O–H groups in total. The molecule has 0 radical (unpaired) electrons. The molecule has 1 aliphatic heterocycles. The van der Waals surface area contributed by atoms with Crippen molar-refractivity contribution in [3.8, 4) is 0 Å². The predicted octanol–water partition coefficient (Wildman–Crippen LogP) is 4.69. The SMILES string of the molecule is Cc1cccc(Nc2cc(C(=O)Nc3ccc(N4CCCC4)cc3)ncn2)c1C. The first kappa shape index (κ1) is 18.9. The van der Waals surface area contributed by atoms with E-state index in [1.165, 1.54) is 30.4 Å². The Morgan fingerprint density at radius 1 is 1.00 bits per heavy atom. The first-order valence-electron chi connectivity index (χ1n) is 9.92. The number of aromatic nitrogens is 2. The molecule has 0 aliphatic carbocycles. The Balaban J connectivity index is 1.45. The molecule has 1 amide bonds. The van der Waals surface area contributed by atoms with Crippen LogP contribution in [0.25, 0.3) is 0 Å². The molecule has 2 heterocycles. The smallest absolute Gasteiger partial charge is 0.274 e. The number of aryl methyl sites for hydroxylation is 1. The minimum Gasteiger partial charge on any atom is -0.372 e. The highest BCUT2D eigenvalue weighted by Gasteiger charge is 2.13. The first-order chi connectivity index (χ1) is 14.1. The molecule has 1 fully saturated rings. The normalized spacial score (nSPS) is 13.4. The highest BCUT2D eigenvalue weighted by atomic mass is 16.1. The third-order valence-corrected chi connectivity index (χ3v) is 5.36. The third-order valence-electron chi connectivity index (χ3n) is 5.36. The summed E-state index contributed by atoms with van der Waals surface area (Å²) in [7, 11) is 0. The van der Waals surface area contributed by atoms with E-state index in [1.807, 2.05) is 24.3 Å². The molecule has 0 spiro atoms. The number of anilines is 4. The van der Waals surface area contributed by atoms with Gasteiger partial charge < -0.3 is 15.5 Å². The molecule has 29 heavy (non-hydrogen) atoms. The fraction of sp³-hybridized carbons (Fsp3) is 0.261. The molecule has 4 rings (SSSR count). The molecule has 0 unspecified atom stereocenters. The van der Waals surface area contributed by atoms with E-state index in [2.05, 4.69) is 57.5 Å². The molecule has 0 saturated carbocycles. The van der Waals surface area contributed by atoms with Crippen LogP contribution in [-0.4, -0.2) is 29.0 Å². The number of nitrogens with one attached hydrogen (secondary N) is 2. The largest absolute Gasteiger partial charge is 0.372 e. The van der Waals surface area contributed by atoms with Gasteiger partial charge in [-0.1, -0.05) is 12.1 Å². The Labute approximate surface area is 171 Å². The summed E-state index contributed by atoms with van der Waals surface area (Å²) in [5, 5.41) is 6.19. The summed E-state index contributed by atoms with van der Waals surface area (Å²) < 4.78 is 0. The number of nitrogens with zero attached hydrogens (tertiary/aromatic N) is 3. The van der Waals surface area contributed by atoms with Crippen molar-refractivity contribution in [2.75, 3.05) is 28.6 Å². The zero-order valence-corrected chi connectivity index (χ0v) is 16.8. The molecule has 1 aromatic heterocycles. The van der Waals surface area contributed by atoms with E-state index >= 15 is 0 Å². The number of hydrogen-bond donors (Lipinski definition) is 2. The molecule has 1 aliphatic rings. The first-order valence-corrected chi connectivity index (χ1v) is 9.92. The lowest BCUT2D eigenvalue weighted by molar-refractivity contribution is 0.102. The summed E-state index contributed by atoms with van der Waals surface area (Å²) in [5.41, 5.74) is 5.57. The van der Waals surface area contributed by atoms with Crippen LogP contribution in [0.4, 0.5) is 22.9 Å². The van der Waals surface area contributed by atoms with Crippen molar-refractivity contribution in [3.05, 3.63) is 71.7 Å². The topological polar surface area (TPSA) is 70.2 Å². The summed E-state index contributed by atoms with van der Waals surface area (Å²) in [6, 6.07) is 15.7. The van der Waals surface area contributed by atoms with Crippen molar-refractivity contribution in [1.29, 1.82) is 0 Å². The molecular weight excluding hydrogens is 362 g/mol. The van der Waals surface area contributed by atoms with Gasteiger partial charge in [-0.05, 0) is 68.1 Å². The lowest BCUT2D eigenvalue weighted by atomic mass is 10.1. The van der Waals surface area contributed by atoms with E-state index in [-0.39, 0.29) is 5.91 Å². The number of rotatable bonds is 5. The number of hydrogen-bond acceptors (Lipinski definition) is 5. The van der Waals surface area contributed by atoms with Crippen LogP contribution in [0.15, 0.2) is 54.9 Å². The van der Waals surface area contributed by atoms with Crippen LogP contribution in [0.1, 0.15) is 34.5 Å². The van der Waals surface area contributed by atoms with Crippen LogP contribution in [0.3, 0.4) is 0 Å². The Morgan fingerprint density at radius 2 is 1.76 bits per heavy atom. The van der Waals surface area contributed by atoms with E-state index in [4.69, 9.17) is 0 Å². The quantitative estimate of drug-likeness (QED) is 0.665. The zero-order chi connectivity index (χ0) is 20.2. The number of amides is 1. The van der Waals surface area contributed by atoms with E-state index in [1.54, 1.807) is 6.07 Å². The van der Waals surface area contributed by atoms with Crippen molar-refractivity contribution in [2.45, 2.75) is 26.7 Å². The van der Waals surface area contributed by atoms with E-state index in [0.29, 0.717) is 11.5 Å². The van der Waals surface area contributed by atoms with Gasteiger partial charge in [0.15, 0.2) is 0 Å². The molecular formula is C23H25N5O. The summed E-state index contributed by atoms with van der Waals surface area (Å²) in [4.78, 5) is 23.4. The Hall–Kier alpha value is -3.41. The standard InChI is InChI=1S/C23H25N5O/c1-16-6-5-7-20(17(16)2)27-22-14-21(24-15-25-22)23(29)26-18-8-10-19(11-9-18)28-12-3-4-13-28/h5-11,14-15H,3-4,12-13H2,1-2H3,(H,26,29)(H,24,25,27). The molecule has 0 atom stereocenters. The number of benzene rings is 2. The van der Waals surface area contributed by atoms with Crippen LogP contribution in [0.2, 0.25) is 0 Å². The molecule has 2 aromatic carbocycles. The van der Waals surface area contributed by atoms with Crippen LogP contribution in [-0.2, 0) is 0 Å². The van der Waals surface area contributed by atoms with Crippen LogP contribution in [0.5, 0.6) is 0 Å².